The molecule has 2 aromatic carbocycles. The van der Waals surface area contributed by atoms with E-state index in [-0.39, 0.29) is 43.0 Å². The molecule has 0 fully saturated rings. The van der Waals surface area contributed by atoms with Gasteiger partial charge in [0.05, 0.1) is 24.1 Å². The summed E-state index contributed by atoms with van der Waals surface area (Å²) < 4.78 is 15.0. The number of fused-ring (bicyclic) bond motifs is 1. The van der Waals surface area contributed by atoms with Gasteiger partial charge in [-0.05, 0) is 42.8 Å². The molecule has 3 rings (SSSR count). The Hall–Kier alpha value is -2.70. The zero-order valence-corrected chi connectivity index (χ0v) is 15.3. The summed E-state index contributed by atoms with van der Waals surface area (Å²) in [5, 5.41) is 13.1. The van der Waals surface area contributed by atoms with E-state index in [1.165, 1.54) is 16.7 Å². The summed E-state index contributed by atoms with van der Waals surface area (Å²) in [7, 11) is 0. The lowest BCUT2D eigenvalue weighted by molar-refractivity contribution is -0.115. The predicted octanol–water partition coefficient (Wildman–Crippen LogP) is 4.16. The van der Waals surface area contributed by atoms with Gasteiger partial charge in [-0.25, -0.2) is 4.39 Å². The molecule has 5 nitrogen and oxygen atoms in total. The highest BCUT2D eigenvalue weighted by atomic mass is 35.5. The molecule has 0 saturated heterocycles. The van der Waals surface area contributed by atoms with Gasteiger partial charge >= 0.3 is 0 Å². The summed E-state index contributed by atoms with van der Waals surface area (Å²) in [4.78, 5) is 25.0. The highest BCUT2D eigenvalue weighted by Crippen LogP contribution is 2.22. The van der Waals surface area contributed by atoms with Crippen molar-refractivity contribution in [1.82, 2.24) is 4.57 Å². The molecule has 1 amide bonds. The maximum absolute atomic E-state index is 13.5. The third-order valence-electron chi connectivity index (χ3n) is 4.33. The standard InChI is InChI=1S/C20H18ClFN2O3.CH4/c1-12(11-25)24-8-7-14-15(20(24)27)3-2-4-18(14)23-19(26)10-13-5-6-16(21)17(22)9-13;/h2-9,12,25H,10-11H2,1H3,(H,23,26);1H4/t12-;/m0./s1. The fourth-order valence-electron chi connectivity index (χ4n) is 2.87. The van der Waals surface area contributed by atoms with Gasteiger partial charge in [-0.15, -0.1) is 0 Å². The zero-order chi connectivity index (χ0) is 19.6. The lowest BCUT2D eigenvalue weighted by atomic mass is 10.1. The van der Waals surface area contributed by atoms with E-state index in [2.05, 4.69) is 5.32 Å². The van der Waals surface area contributed by atoms with Crippen molar-refractivity contribution in [3.63, 3.8) is 0 Å². The van der Waals surface area contributed by atoms with Gasteiger partial charge in [0.1, 0.15) is 5.82 Å². The maximum atomic E-state index is 13.5. The van der Waals surface area contributed by atoms with Crippen molar-refractivity contribution in [2.24, 2.45) is 0 Å². The van der Waals surface area contributed by atoms with Gasteiger partial charge in [-0.3, -0.25) is 9.59 Å². The van der Waals surface area contributed by atoms with Crippen LogP contribution in [0.15, 0.2) is 53.5 Å². The van der Waals surface area contributed by atoms with Crippen LogP contribution >= 0.6 is 11.6 Å². The third kappa shape index (κ3) is 4.40. The monoisotopic (exact) mass is 404 g/mol. The summed E-state index contributed by atoms with van der Waals surface area (Å²) in [6, 6.07) is 10.6. The Morgan fingerprint density at radius 3 is 2.68 bits per heavy atom. The van der Waals surface area contributed by atoms with E-state index in [0.717, 1.165) is 0 Å². The Balaban J connectivity index is 0.00000280. The lowest BCUT2D eigenvalue weighted by Crippen LogP contribution is -2.25. The van der Waals surface area contributed by atoms with Crippen LogP contribution in [0, 0.1) is 5.82 Å². The van der Waals surface area contributed by atoms with Crippen molar-refractivity contribution in [3.8, 4) is 0 Å². The first kappa shape index (κ1) is 21.6. The summed E-state index contributed by atoms with van der Waals surface area (Å²) >= 11 is 5.65. The average molecular weight is 405 g/mol. The van der Waals surface area contributed by atoms with Crippen molar-refractivity contribution in [2.45, 2.75) is 26.8 Å². The number of aliphatic hydroxyl groups excluding tert-OH is 1. The number of carbonyl (C=O) groups excluding carboxylic acids is 1. The maximum Gasteiger partial charge on any atom is 0.258 e. The number of aromatic nitrogens is 1. The Labute approximate surface area is 167 Å². The number of amides is 1. The topological polar surface area (TPSA) is 71.3 Å². The van der Waals surface area contributed by atoms with Gasteiger partial charge in [0.25, 0.3) is 5.56 Å². The van der Waals surface area contributed by atoms with Gasteiger partial charge < -0.3 is 15.0 Å². The van der Waals surface area contributed by atoms with Crippen molar-refractivity contribution < 1.29 is 14.3 Å². The molecule has 0 aliphatic heterocycles. The number of anilines is 1. The molecule has 0 aliphatic rings. The van der Waals surface area contributed by atoms with Crippen molar-refractivity contribution in [2.75, 3.05) is 11.9 Å². The minimum absolute atomic E-state index is 0. The van der Waals surface area contributed by atoms with Crippen molar-refractivity contribution in [3.05, 3.63) is 75.4 Å². The Bertz CT molecular complexity index is 1070. The summed E-state index contributed by atoms with van der Waals surface area (Å²) in [6.45, 7) is 1.59. The molecule has 0 unspecified atom stereocenters. The van der Waals surface area contributed by atoms with Crippen LogP contribution in [0.25, 0.3) is 10.8 Å². The number of aliphatic hydroxyl groups is 1. The molecular weight excluding hydrogens is 383 g/mol. The Kier molecular flexibility index (Phi) is 6.94. The second-order valence-electron chi connectivity index (χ2n) is 6.30. The number of rotatable bonds is 5. The quantitative estimate of drug-likeness (QED) is 0.670. The minimum Gasteiger partial charge on any atom is -0.394 e. The number of nitrogens with one attached hydrogen (secondary N) is 1. The van der Waals surface area contributed by atoms with Gasteiger partial charge in [-0.1, -0.05) is 31.2 Å². The largest absolute Gasteiger partial charge is 0.394 e. The predicted molar refractivity (Wildman–Crippen MR) is 110 cm³/mol. The molecule has 7 heteroatoms. The normalized spacial score (nSPS) is 11.7. The number of benzene rings is 2. The van der Waals surface area contributed by atoms with Gasteiger partial charge in [0.15, 0.2) is 0 Å². The zero-order valence-electron chi connectivity index (χ0n) is 14.6. The van der Waals surface area contributed by atoms with Crippen LogP contribution in [-0.4, -0.2) is 22.2 Å². The molecule has 0 aliphatic carbocycles. The summed E-state index contributed by atoms with van der Waals surface area (Å²) in [5.41, 5.74) is 0.742. The molecule has 0 spiro atoms. The number of hydrogen-bond acceptors (Lipinski definition) is 3. The van der Waals surface area contributed by atoms with E-state index in [0.29, 0.717) is 22.0 Å². The molecule has 2 N–H and O–H groups in total. The molecular formula is C21H22ClFN2O3. The van der Waals surface area contributed by atoms with E-state index in [1.807, 2.05) is 0 Å². The molecule has 0 radical (unpaired) electrons. The van der Waals surface area contributed by atoms with Crippen LogP contribution < -0.4 is 10.9 Å². The first-order valence-electron chi connectivity index (χ1n) is 8.39. The number of nitrogens with zero attached hydrogens (tertiary/aromatic N) is 1. The highest BCUT2D eigenvalue weighted by molar-refractivity contribution is 6.30. The van der Waals surface area contributed by atoms with Crippen molar-refractivity contribution in [1.29, 1.82) is 0 Å². The number of halogens is 2. The van der Waals surface area contributed by atoms with Crippen LogP contribution in [0.2, 0.25) is 5.02 Å². The van der Waals surface area contributed by atoms with E-state index in [1.54, 1.807) is 43.5 Å². The fraction of sp³-hybridized carbons (Fsp3) is 0.238. The van der Waals surface area contributed by atoms with E-state index in [4.69, 9.17) is 11.6 Å². The molecule has 148 valence electrons. The van der Waals surface area contributed by atoms with Crippen LogP contribution in [0.1, 0.15) is 26.0 Å². The first-order chi connectivity index (χ1) is 12.9. The smallest absolute Gasteiger partial charge is 0.258 e. The van der Waals surface area contributed by atoms with E-state index >= 15 is 0 Å². The second-order valence-corrected chi connectivity index (χ2v) is 6.71. The van der Waals surface area contributed by atoms with Crippen LogP contribution in [0.4, 0.5) is 10.1 Å². The lowest BCUT2D eigenvalue weighted by Gasteiger charge is -2.14. The van der Waals surface area contributed by atoms with Crippen LogP contribution in [0.5, 0.6) is 0 Å². The summed E-state index contributed by atoms with van der Waals surface area (Å²) in [6.07, 6.45) is 1.57. The summed E-state index contributed by atoms with van der Waals surface area (Å²) in [5.74, 6) is -0.914. The number of hydrogen-bond donors (Lipinski definition) is 2. The molecule has 28 heavy (non-hydrogen) atoms. The SMILES string of the molecule is C.C[C@@H](CO)n1ccc2c(NC(=O)Cc3ccc(Cl)c(F)c3)cccc2c1=O. The molecule has 1 heterocycles. The van der Waals surface area contributed by atoms with Gasteiger partial charge in [0.2, 0.25) is 5.91 Å². The van der Waals surface area contributed by atoms with Crippen LogP contribution in [-0.2, 0) is 11.2 Å². The minimum atomic E-state index is -0.578. The van der Waals surface area contributed by atoms with Gasteiger partial charge in [-0.2, -0.15) is 0 Å². The fourth-order valence-corrected chi connectivity index (χ4v) is 2.98. The highest BCUT2D eigenvalue weighted by Gasteiger charge is 2.12. The number of pyridine rings is 1. The molecule has 1 aromatic heterocycles. The van der Waals surface area contributed by atoms with Crippen LogP contribution in [0.3, 0.4) is 0 Å². The van der Waals surface area contributed by atoms with Gasteiger partial charge in [0, 0.05) is 22.7 Å². The van der Waals surface area contributed by atoms with E-state index < -0.39 is 5.82 Å². The molecule has 3 aromatic rings. The Morgan fingerprint density at radius 1 is 1.25 bits per heavy atom. The average Bonchev–Trinajstić information content (AvgIpc) is 2.65. The Morgan fingerprint density at radius 2 is 2.00 bits per heavy atom. The first-order valence-corrected chi connectivity index (χ1v) is 8.77. The third-order valence-corrected chi connectivity index (χ3v) is 4.64. The molecule has 1 atom stereocenters. The molecule has 0 bridgehead atoms. The van der Waals surface area contributed by atoms with E-state index in [9.17, 15) is 19.1 Å². The van der Waals surface area contributed by atoms with Crippen molar-refractivity contribution >= 4 is 34.0 Å². The number of carbonyl (C=O) groups is 1. The second kappa shape index (κ2) is 8.99. The molecule has 0 saturated carbocycles.